The van der Waals surface area contributed by atoms with Gasteiger partial charge < -0.3 is 10.2 Å². The van der Waals surface area contributed by atoms with Gasteiger partial charge in [0.05, 0.1) is 12.2 Å². The van der Waals surface area contributed by atoms with Gasteiger partial charge in [-0.15, -0.1) is 11.6 Å². The highest BCUT2D eigenvalue weighted by Gasteiger charge is 2.45. The van der Waals surface area contributed by atoms with E-state index in [1.165, 1.54) is 0 Å². The number of aliphatic hydroxyl groups is 2. The minimum Gasteiger partial charge on any atom is -0.393 e. The fourth-order valence-corrected chi connectivity index (χ4v) is 7.88. The topological polar surface area (TPSA) is 40.5 Å². The van der Waals surface area contributed by atoms with E-state index in [4.69, 9.17) is 11.6 Å². The van der Waals surface area contributed by atoms with Crippen molar-refractivity contribution in [3.63, 3.8) is 0 Å². The molecule has 0 amide bonds. The number of aliphatic hydroxyl groups excluding tert-OH is 2. The first kappa shape index (κ1) is 25.8. The molecule has 3 rings (SSSR count). The molecule has 0 aromatic rings. The Morgan fingerprint density at radius 1 is 0.935 bits per heavy atom. The van der Waals surface area contributed by atoms with Crippen LogP contribution in [0.4, 0.5) is 4.39 Å². The maximum atomic E-state index is 13.6. The SMILES string of the molecule is CC(C)[C@@H](CC(O)C1CCCC(Cl)C1)C(O)C1CCC(C2CCC(F)CC2)C(C)(C)C1. The maximum absolute atomic E-state index is 13.6. The zero-order chi connectivity index (χ0) is 22.8. The Morgan fingerprint density at radius 3 is 2.19 bits per heavy atom. The van der Waals surface area contributed by atoms with Gasteiger partial charge in [-0.1, -0.05) is 34.1 Å². The highest BCUT2D eigenvalue weighted by molar-refractivity contribution is 6.20. The first-order valence-electron chi connectivity index (χ1n) is 13.2. The van der Waals surface area contributed by atoms with Crippen LogP contribution in [-0.4, -0.2) is 34.0 Å². The van der Waals surface area contributed by atoms with Crippen molar-refractivity contribution in [3.05, 3.63) is 0 Å². The van der Waals surface area contributed by atoms with Crippen LogP contribution in [0.1, 0.15) is 105 Å². The molecule has 0 bridgehead atoms. The summed E-state index contributed by atoms with van der Waals surface area (Å²) in [6, 6.07) is 0. The van der Waals surface area contributed by atoms with E-state index in [1.54, 1.807) is 0 Å². The molecule has 6 unspecified atom stereocenters. The maximum Gasteiger partial charge on any atom is 0.100 e. The van der Waals surface area contributed by atoms with Crippen LogP contribution in [0.3, 0.4) is 0 Å². The van der Waals surface area contributed by atoms with Crippen molar-refractivity contribution in [2.75, 3.05) is 0 Å². The van der Waals surface area contributed by atoms with Gasteiger partial charge in [0.15, 0.2) is 0 Å². The van der Waals surface area contributed by atoms with Gasteiger partial charge >= 0.3 is 0 Å². The standard InChI is InChI=1S/C27H48ClFO2/c1-17(2)23(15-25(30)19-6-5-7-21(28)14-19)26(31)20-10-13-24(27(3,4)16-20)18-8-11-22(29)12-9-18/h17-26,30-31H,5-16H2,1-4H3/t18?,19?,20?,21?,22?,23-,24?,25?,26?/m1/s1. The van der Waals surface area contributed by atoms with E-state index >= 15 is 0 Å². The second-order valence-corrected chi connectivity index (χ2v) is 13.0. The average Bonchev–Trinajstić information content (AvgIpc) is 2.71. The Kier molecular flexibility index (Phi) is 9.18. The first-order valence-corrected chi connectivity index (χ1v) is 13.7. The Morgan fingerprint density at radius 2 is 1.61 bits per heavy atom. The highest BCUT2D eigenvalue weighted by atomic mass is 35.5. The third-order valence-electron chi connectivity index (χ3n) is 9.40. The largest absolute Gasteiger partial charge is 0.393 e. The zero-order valence-corrected chi connectivity index (χ0v) is 21.2. The van der Waals surface area contributed by atoms with E-state index < -0.39 is 6.17 Å². The molecule has 3 saturated carbocycles. The summed E-state index contributed by atoms with van der Waals surface area (Å²) in [6.07, 6.45) is 10.3. The van der Waals surface area contributed by atoms with Crippen molar-refractivity contribution >= 4 is 11.6 Å². The highest BCUT2D eigenvalue weighted by Crippen LogP contribution is 2.52. The molecule has 0 spiro atoms. The lowest BCUT2D eigenvalue weighted by atomic mass is 9.57. The van der Waals surface area contributed by atoms with Crippen LogP contribution in [-0.2, 0) is 0 Å². The molecule has 2 N–H and O–H groups in total. The van der Waals surface area contributed by atoms with Crippen LogP contribution in [0, 0.1) is 40.9 Å². The minimum atomic E-state index is -0.589. The summed E-state index contributed by atoms with van der Waals surface area (Å²) in [5.74, 6) is 2.36. The van der Waals surface area contributed by atoms with E-state index in [-0.39, 0.29) is 34.8 Å². The van der Waals surface area contributed by atoms with E-state index in [0.29, 0.717) is 30.1 Å². The summed E-state index contributed by atoms with van der Waals surface area (Å²) in [5.41, 5.74) is 0.188. The number of hydrogen-bond donors (Lipinski definition) is 2. The molecule has 0 aromatic heterocycles. The second kappa shape index (κ2) is 11.0. The lowest BCUT2D eigenvalue weighted by Crippen LogP contribution is -2.44. The van der Waals surface area contributed by atoms with Crippen molar-refractivity contribution in [2.24, 2.45) is 40.9 Å². The normalized spacial score (nSPS) is 39.8. The molecule has 0 aromatic carbocycles. The monoisotopic (exact) mass is 458 g/mol. The Balaban J connectivity index is 1.60. The van der Waals surface area contributed by atoms with E-state index in [2.05, 4.69) is 27.7 Å². The Bertz CT molecular complexity index is 545. The van der Waals surface area contributed by atoms with Gasteiger partial charge in [-0.3, -0.25) is 0 Å². The Hall–Kier alpha value is 0.140. The fourth-order valence-electron chi connectivity index (χ4n) is 7.50. The average molecular weight is 459 g/mol. The quantitative estimate of drug-likeness (QED) is 0.398. The van der Waals surface area contributed by atoms with Crippen molar-refractivity contribution in [3.8, 4) is 0 Å². The third kappa shape index (κ3) is 6.60. The van der Waals surface area contributed by atoms with Crippen LogP contribution in [0.15, 0.2) is 0 Å². The molecule has 3 aliphatic rings. The van der Waals surface area contributed by atoms with Crippen LogP contribution in [0.5, 0.6) is 0 Å². The molecule has 4 heteroatoms. The molecule has 0 aliphatic heterocycles. The summed E-state index contributed by atoms with van der Waals surface area (Å²) in [6.45, 7) is 9.13. The molecule has 0 radical (unpaired) electrons. The van der Waals surface area contributed by atoms with Crippen molar-refractivity contribution < 1.29 is 14.6 Å². The summed E-state index contributed by atoms with van der Waals surface area (Å²) in [4.78, 5) is 0. The van der Waals surface area contributed by atoms with Crippen LogP contribution >= 0.6 is 11.6 Å². The lowest BCUT2D eigenvalue weighted by Gasteiger charge is -2.49. The van der Waals surface area contributed by atoms with Gasteiger partial charge in [-0.25, -0.2) is 4.39 Å². The van der Waals surface area contributed by atoms with Crippen molar-refractivity contribution in [1.29, 1.82) is 0 Å². The molecular formula is C27H48ClFO2. The zero-order valence-electron chi connectivity index (χ0n) is 20.4. The third-order valence-corrected chi connectivity index (χ3v) is 9.79. The van der Waals surface area contributed by atoms with Gasteiger partial charge in [0.1, 0.15) is 6.17 Å². The molecule has 7 atom stereocenters. The van der Waals surface area contributed by atoms with Crippen molar-refractivity contribution in [2.45, 2.75) is 129 Å². The number of rotatable bonds is 7. The Labute approximate surface area is 195 Å². The van der Waals surface area contributed by atoms with Crippen molar-refractivity contribution in [1.82, 2.24) is 0 Å². The molecule has 0 saturated heterocycles. The van der Waals surface area contributed by atoms with Crippen LogP contribution in [0.25, 0.3) is 0 Å². The molecule has 182 valence electrons. The molecule has 3 aliphatic carbocycles. The minimum absolute atomic E-state index is 0.130. The predicted octanol–water partition coefficient (Wildman–Crippen LogP) is 7.14. The number of alkyl halides is 2. The number of hydrogen-bond acceptors (Lipinski definition) is 2. The van der Waals surface area contributed by atoms with Gasteiger partial charge in [-0.05, 0) is 112 Å². The van der Waals surface area contributed by atoms with Crippen LogP contribution in [0.2, 0.25) is 0 Å². The lowest BCUT2D eigenvalue weighted by molar-refractivity contribution is -0.0595. The van der Waals surface area contributed by atoms with Gasteiger partial charge in [-0.2, -0.15) is 0 Å². The van der Waals surface area contributed by atoms with E-state index in [0.717, 1.165) is 70.6 Å². The van der Waals surface area contributed by atoms with Gasteiger partial charge in [0.25, 0.3) is 0 Å². The predicted molar refractivity (Wildman–Crippen MR) is 128 cm³/mol. The second-order valence-electron chi connectivity index (χ2n) is 12.4. The van der Waals surface area contributed by atoms with Gasteiger partial charge in [0, 0.05) is 5.38 Å². The number of halogens is 2. The van der Waals surface area contributed by atoms with E-state index in [9.17, 15) is 14.6 Å². The molecular weight excluding hydrogens is 411 g/mol. The summed E-state index contributed by atoms with van der Waals surface area (Å²) in [5, 5.41) is 22.7. The molecule has 0 heterocycles. The summed E-state index contributed by atoms with van der Waals surface area (Å²) >= 11 is 6.37. The van der Waals surface area contributed by atoms with E-state index in [1.807, 2.05) is 0 Å². The van der Waals surface area contributed by atoms with Gasteiger partial charge in [0.2, 0.25) is 0 Å². The molecule has 31 heavy (non-hydrogen) atoms. The summed E-state index contributed by atoms with van der Waals surface area (Å²) in [7, 11) is 0. The van der Waals surface area contributed by atoms with Crippen LogP contribution < -0.4 is 0 Å². The fraction of sp³-hybridized carbons (Fsp3) is 1.00. The summed E-state index contributed by atoms with van der Waals surface area (Å²) < 4.78 is 13.6. The molecule has 2 nitrogen and oxygen atoms in total. The molecule has 3 fully saturated rings. The smallest absolute Gasteiger partial charge is 0.100 e. The first-order chi connectivity index (χ1) is 14.6.